The van der Waals surface area contributed by atoms with Crippen LogP contribution >= 0.6 is 0 Å². The molecule has 0 unspecified atom stereocenters. The molecule has 1 saturated carbocycles. The fraction of sp³-hybridized carbons (Fsp3) is 1.00. The Morgan fingerprint density at radius 1 is 1.08 bits per heavy atom. The molecule has 74 valence electrons. The summed E-state index contributed by atoms with van der Waals surface area (Å²) in [5, 5.41) is 18.3. The summed E-state index contributed by atoms with van der Waals surface area (Å²) >= 11 is 0. The number of fused-ring (bicyclic) bond motifs is 3. The average Bonchev–Trinajstić information content (AvgIpc) is 2.96. The third kappa shape index (κ3) is 1.12. The highest BCUT2D eigenvalue weighted by molar-refractivity contribution is 5.16. The minimum absolute atomic E-state index is 0.0229. The molecule has 0 spiro atoms. The molecule has 2 aliphatic heterocycles. The minimum atomic E-state index is -0.597. The molecule has 1 aliphatic carbocycles. The van der Waals surface area contributed by atoms with Crippen LogP contribution in [0.15, 0.2) is 0 Å². The molecule has 3 rings (SSSR count). The smallest absolute Gasteiger partial charge is 0.116 e. The lowest BCUT2D eigenvalue weighted by molar-refractivity contribution is -0.0684. The van der Waals surface area contributed by atoms with Crippen LogP contribution in [0.1, 0.15) is 0 Å². The molecule has 0 aromatic rings. The van der Waals surface area contributed by atoms with Gasteiger partial charge in [0.1, 0.15) is 36.6 Å². The zero-order chi connectivity index (χ0) is 9.00. The van der Waals surface area contributed by atoms with Crippen molar-refractivity contribution in [3.05, 3.63) is 0 Å². The largest absolute Gasteiger partial charge is 0.394 e. The van der Waals surface area contributed by atoms with Gasteiger partial charge in [-0.15, -0.1) is 0 Å². The van der Waals surface area contributed by atoms with Gasteiger partial charge in [-0.05, 0) is 0 Å². The predicted molar refractivity (Wildman–Crippen MR) is 40.2 cm³/mol. The Hall–Kier alpha value is -0.200. The highest BCUT2D eigenvalue weighted by Crippen LogP contribution is 2.49. The van der Waals surface area contributed by atoms with Crippen LogP contribution in [0, 0.1) is 0 Å². The highest BCUT2D eigenvalue weighted by Gasteiger charge is 2.69. The number of hydrogen-bond acceptors (Lipinski definition) is 5. The van der Waals surface area contributed by atoms with Crippen molar-refractivity contribution in [3.8, 4) is 0 Å². The lowest BCUT2D eigenvalue weighted by atomic mass is 9.95. The number of rotatable bonds is 3. The van der Waals surface area contributed by atoms with Gasteiger partial charge in [0.25, 0.3) is 0 Å². The Labute approximate surface area is 75.2 Å². The van der Waals surface area contributed by atoms with Crippen LogP contribution in [0.3, 0.4) is 0 Å². The molecule has 5 heteroatoms. The zero-order valence-electron chi connectivity index (χ0n) is 7.00. The van der Waals surface area contributed by atoms with E-state index >= 15 is 0 Å². The fourth-order valence-electron chi connectivity index (χ4n) is 2.10. The third-order valence-electron chi connectivity index (χ3n) is 2.85. The molecule has 0 amide bonds. The summed E-state index contributed by atoms with van der Waals surface area (Å²) in [6, 6.07) is 0. The molecule has 3 fully saturated rings. The molecule has 3 aliphatic rings. The van der Waals surface area contributed by atoms with Gasteiger partial charge >= 0.3 is 0 Å². The molecule has 6 atom stereocenters. The molecule has 2 saturated heterocycles. The van der Waals surface area contributed by atoms with Crippen LogP contribution in [0.25, 0.3) is 0 Å². The molecule has 0 aromatic heterocycles. The van der Waals surface area contributed by atoms with E-state index in [1.165, 1.54) is 0 Å². The maximum atomic E-state index is 9.69. The topological polar surface area (TPSA) is 74.8 Å². The molecule has 2 heterocycles. The van der Waals surface area contributed by atoms with E-state index in [2.05, 4.69) is 0 Å². The van der Waals surface area contributed by atoms with E-state index in [-0.39, 0.29) is 43.7 Å². The average molecular weight is 188 g/mol. The highest BCUT2D eigenvalue weighted by atomic mass is 16.7. The lowest BCUT2D eigenvalue weighted by Crippen LogP contribution is -2.44. The SMILES string of the molecule is OCCO[C@@H]1[C@@H](O)[C@H]2O[C@H]2[C@H]2O[C@H]21. The first-order valence-corrected chi connectivity index (χ1v) is 4.54. The molecular formula is C8H12O5. The Morgan fingerprint density at radius 3 is 2.54 bits per heavy atom. The van der Waals surface area contributed by atoms with Crippen molar-refractivity contribution in [1.82, 2.24) is 0 Å². The number of epoxide rings is 2. The monoisotopic (exact) mass is 188 g/mol. The second kappa shape index (κ2) is 2.65. The van der Waals surface area contributed by atoms with Gasteiger partial charge in [0.05, 0.1) is 13.2 Å². The Balaban J connectivity index is 1.65. The molecule has 5 nitrogen and oxygen atoms in total. The van der Waals surface area contributed by atoms with Crippen LogP contribution in [0.5, 0.6) is 0 Å². The summed E-state index contributed by atoms with van der Waals surface area (Å²) in [7, 11) is 0. The van der Waals surface area contributed by atoms with Crippen molar-refractivity contribution in [2.45, 2.75) is 36.6 Å². The van der Waals surface area contributed by atoms with Gasteiger partial charge in [-0.3, -0.25) is 0 Å². The van der Waals surface area contributed by atoms with Gasteiger partial charge in [0.15, 0.2) is 0 Å². The number of hydrogen-bond donors (Lipinski definition) is 2. The van der Waals surface area contributed by atoms with Gasteiger partial charge in [0, 0.05) is 0 Å². The molecule has 0 aromatic carbocycles. The van der Waals surface area contributed by atoms with E-state index < -0.39 is 6.10 Å². The zero-order valence-corrected chi connectivity index (χ0v) is 7.00. The summed E-state index contributed by atoms with van der Waals surface area (Å²) in [5.74, 6) is 0. The molecule has 0 bridgehead atoms. The molecule has 2 N–H and O–H groups in total. The van der Waals surface area contributed by atoms with E-state index in [1.54, 1.807) is 0 Å². The van der Waals surface area contributed by atoms with Crippen molar-refractivity contribution in [2.24, 2.45) is 0 Å². The van der Waals surface area contributed by atoms with Crippen molar-refractivity contribution in [1.29, 1.82) is 0 Å². The number of ether oxygens (including phenoxy) is 3. The maximum absolute atomic E-state index is 9.69. The van der Waals surface area contributed by atoms with Gasteiger partial charge in [-0.25, -0.2) is 0 Å². The Kier molecular flexibility index (Phi) is 1.66. The van der Waals surface area contributed by atoms with Crippen LogP contribution in [0.2, 0.25) is 0 Å². The number of aliphatic hydroxyl groups excluding tert-OH is 2. The van der Waals surface area contributed by atoms with Crippen molar-refractivity contribution in [2.75, 3.05) is 13.2 Å². The molecular weight excluding hydrogens is 176 g/mol. The third-order valence-corrected chi connectivity index (χ3v) is 2.85. The maximum Gasteiger partial charge on any atom is 0.116 e. The van der Waals surface area contributed by atoms with E-state index in [9.17, 15) is 5.11 Å². The van der Waals surface area contributed by atoms with Crippen LogP contribution in [0.4, 0.5) is 0 Å². The summed E-state index contributed by atoms with van der Waals surface area (Å²) in [6.45, 7) is 0.210. The van der Waals surface area contributed by atoms with Crippen molar-refractivity contribution < 1.29 is 24.4 Å². The van der Waals surface area contributed by atoms with Gasteiger partial charge in [-0.1, -0.05) is 0 Å². The van der Waals surface area contributed by atoms with E-state index in [1.807, 2.05) is 0 Å². The Morgan fingerprint density at radius 2 is 1.77 bits per heavy atom. The quantitative estimate of drug-likeness (QED) is 0.515. The summed E-state index contributed by atoms with van der Waals surface area (Å²) < 4.78 is 15.8. The second-order valence-corrected chi connectivity index (χ2v) is 3.68. The fourth-order valence-corrected chi connectivity index (χ4v) is 2.10. The van der Waals surface area contributed by atoms with E-state index in [4.69, 9.17) is 19.3 Å². The molecule has 13 heavy (non-hydrogen) atoms. The number of aliphatic hydroxyl groups is 2. The van der Waals surface area contributed by atoms with Gasteiger partial charge < -0.3 is 24.4 Å². The van der Waals surface area contributed by atoms with Gasteiger partial charge in [0.2, 0.25) is 0 Å². The van der Waals surface area contributed by atoms with Crippen LogP contribution in [-0.2, 0) is 14.2 Å². The predicted octanol–water partition coefficient (Wildman–Crippen LogP) is -1.73. The minimum Gasteiger partial charge on any atom is -0.394 e. The standard InChI is InChI=1S/C8H12O5/c9-1-2-11-4-3(10)5-7(12-5)8-6(4)13-8/h3-10H,1-2H2/t3-,4-,5-,6+,7-,8+/m1/s1. The van der Waals surface area contributed by atoms with Crippen molar-refractivity contribution in [3.63, 3.8) is 0 Å². The first-order chi connectivity index (χ1) is 6.33. The van der Waals surface area contributed by atoms with E-state index in [0.717, 1.165) is 0 Å². The second-order valence-electron chi connectivity index (χ2n) is 3.68. The molecule has 0 radical (unpaired) electrons. The van der Waals surface area contributed by atoms with Crippen molar-refractivity contribution >= 4 is 0 Å². The first-order valence-electron chi connectivity index (χ1n) is 4.54. The van der Waals surface area contributed by atoms with E-state index in [0.29, 0.717) is 0 Å². The van der Waals surface area contributed by atoms with Crippen LogP contribution < -0.4 is 0 Å². The lowest BCUT2D eigenvalue weighted by Gasteiger charge is -2.22. The summed E-state index contributed by atoms with van der Waals surface area (Å²) in [6.07, 6.45) is -0.829. The first kappa shape index (κ1) is 8.14. The summed E-state index contributed by atoms with van der Waals surface area (Å²) in [4.78, 5) is 0. The van der Waals surface area contributed by atoms with Gasteiger partial charge in [-0.2, -0.15) is 0 Å². The van der Waals surface area contributed by atoms with Crippen LogP contribution in [-0.4, -0.2) is 60.1 Å². The summed E-state index contributed by atoms with van der Waals surface area (Å²) in [5.41, 5.74) is 0. The normalized spacial score (nSPS) is 56.8. The Bertz CT molecular complexity index is 221.